The van der Waals surface area contributed by atoms with Gasteiger partial charge in [-0.05, 0) is 48.2 Å². The molecule has 5 rings (SSSR count). The molecule has 0 unspecified atom stereocenters. The van der Waals surface area contributed by atoms with E-state index in [1.807, 2.05) is 18.5 Å². The zero-order chi connectivity index (χ0) is 23.7. The molecule has 0 saturated heterocycles. The van der Waals surface area contributed by atoms with Crippen molar-refractivity contribution in [2.75, 3.05) is 12.6 Å². The Balaban J connectivity index is 1.59. The van der Waals surface area contributed by atoms with Crippen molar-refractivity contribution < 1.29 is 17.5 Å². The van der Waals surface area contributed by atoms with Crippen LogP contribution in [0.2, 0.25) is 0 Å². The van der Waals surface area contributed by atoms with E-state index < -0.39 is 16.7 Å². The second-order valence-corrected chi connectivity index (χ2v) is 10.7. The average molecular weight is 481 g/mol. The number of fused-ring (bicyclic) bond motifs is 1. The molecule has 1 fully saturated rings. The number of hydrogen-bond acceptors (Lipinski definition) is 6. The highest BCUT2D eigenvalue weighted by Crippen LogP contribution is 2.38. The summed E-state index contributed by atoms with van der Waals surface area (Å²) in [5.41, 5.74) is 4.54. The van der Waals surface area contributed by atoms with E-state index in [4.69, 9.17) is 4.74 Å². The van der Waals surface area contributed by atoms with E-state index in [1.54, 1.807) is 43.5 Å². The van der Waals surface area contributed by atoms with Crippen LogP contribution in [0.25, 0.3) is 33.4 Å². The number of benzene rings is 2. The SMILES string of the molecule is CCS(=O)(=O)c1ccc(-c2cc(-c3cnnc4c3ncn4C3CCCC3)ccc2OCF)cc1. The maximum absolute atomic E-state index is 13.1. The lowest BCUT2D eigenvalue weighted by atomic mass is 9.98. The second kappa shape index (κ2) is 9.13. The lowest BCUT2D eigenvalue weighted by Gasteiger charge is -2.13. The van der Waals surface area contributed by atoms with Gasteiger partial charge in [-0.25, -0.2) is 17.8 Å². The number of aromatic nitrogens is 4. The Kier molecular flexibility index (Phi) is 6.03. The average Bonchev–Trinajstić information content (AvgIpc) is 3.54. The molecule has 2 heterocycles. The van der Waals surface area contributed by atoms with Gasteiger partial charge >= 0.3 is 0 Å². The molecule has 9 heteroatoms. The van der Waals surface area contributed by atoms with Crippen molar-refractivity contribution in [2.24, 2.45) is 0 Å². The first-order chi connectivity index (χ1) is 16.5. The standard InChI is InChI=1S/C25H25FN4O3S/c1-2-34(31,32)20-10-7-17(8-11-20)21-13-18(9-12-23(21)33-15-26)22-14-28-29-25-24(22)27-16-30(25)19-5-3-4-6-19/h7-14,16,19H,2-6,15H2,1H3. The van der Waals surface area contributed by atoms with E-state index >= 15 is 0 Å². The van der Waals surface area contributed by atoms with Crippen LogP contribution in [0.15, 0.2) is 59.9 Å². The molecule has 1 aliphatic carbocycles. The summed E-state index contributed by atoms with van der Waals surface area (Å²) in [5, 5.41) is 8.59. The third-order valence-corrected chi connectivity index (χ3v) is 8.24. The molecule has 0 atom stereocenters. The van der Waals surface area contributed by atoms with Crippen molar-refractivity contribution in [1.29, 1.82) is 0 Å². The Morgan fingerprint density at radius 3 is 2.50 bits per heavy atom. The van der Waals surface area contributed by atoms with Crippen LogP contribution in [0, 0.1) is 0 Å². The third kappa shape index (κ3) is 4.04. The first kappa shape index (κ1) is 22.5. The van der Waals surface area contributed by atoms with E-state index in [9.17, 15) is 12.8 Å². The number of imidazole rings is 1. The summed E-state index contributed by atoms with van der Waals surface area (Å²) < 4.78 is 44.8. The molecule has 0 amide bonds. The Hall–Kier alpha value is -3.33. The zero-order valence-corrected chi connectivity index (χ0v) is 19.6. The van der Waals surface area contributed by atoms with Crippen LogP contribution in [0.4, 0.5) is 4.39 Å². The van der Waals surface area contributed by atoms with E-state index in [2.05, 4.69) is 19.7 Å². The van der Waals surface area contributed by atoms with Gasteiger partial charge in [-0.15, -0.1) is 5.10 Å². The first-order valence-electron chi connectivity index (χ1n) is 11.4. The highest BCUT2D eigenvalue weighted by Gasteiger charge is 2.21. The molecular formula is C25H25FN4O3S. The van der Waals surface area contributed by atoms with Crippen LogP contribution in [0.1, 0.15) is 38.6 Å². The van der Waals surface area contributed by atoms with Crippen molar-refractivity contribution in [3.8, 4) is 28.0 Å². The summed E-state index contributed by atoms with van der Waals surface area (Å²) in [7, 11) is -3.31. The Morgan fingerprint density at radius 1 is 1.06 bits per heavy atom. The Morgan fingerprint density at radius 2 is 1.79 bits per heavy atom. The number of sulfone groups is 1. The smallest absolute Gasteiger partial charge is 0.228 e. The van der Waals surface area contributed by atoms with Gasteiger partial charge in [0.1, 0.15) is 11.3 Å². The van der Waals surface area contributed by atoms with Gasteiger partial charge in [0, 0.05) is 17.2 Å². The van der Waals surface area contributed by atoms with E-state index in [0.717, 1.165) is 40.7 Å². The quantitative estimate of drug-likeness (QED) is 0.353. The van der Waals surface area contributed by atoms with Gasteiger partial charge in [0.25, 0.3) is 0 Å². The summed E-state index contributed by atoms with van der Waals surface area (Å²) in [6.07, 6.45) is 8.15. The van der Waals surface area contributed by atoms with Gasteiger partial charge in [-0.2, -0.15) is 5.10 Å². The molecule has 1 aliphatic rings. The van der Waals surface area contributed by atoms with Crippen LogP contribution >= 0.6 is 0 Å². The van der Waals surface area contributed by atoms with Crippen LogP contribution < -0.4 is 4.74 Å². The number of hydrogen-bond donors (Lipinski definition) is 0. The molecule has 0 radical (unpaired) electrons. The minimum atomic E-state index is -3.31. The van der Waals surface area contributed by atoms with Crippen molar-refractivity contribution in [1.82, 2.24) is 19.7 Å². The molecule has 0 aliphatic heterocycles. The van der Waals surface area contributed by atoms with E-state index in [1.165, 1.54) is 12.8 Å². The van der Waals surface area contributed by atoms with Gasteiger partial charge in [-0.3, -0.25) is 0 Å². The maximum Gasteiger partial charge on any atom is 0.228 e. The van der Waals surface area contributed by atoms with Gasteiger partial charge < -0.3 is 9.30 Å². The normalized spacial score (nSPS) is 14.6. The van der Waals surface area contributed by atoms with E-state index in [-0.39, 0.29) is 10.6 Å². The lowest BCUT2D eigenvalue weighted by Crippen LogP contribution is -2.04. The minimum Gasteiger partial charge on any atom is -0.462 e. The number of nitrogens with zero attached hydrogens (tertiary/aromatic N) is 4. The van der Waals surface area contributed by atoms with Gasteiger partial charge in [-0.1, -0.05) is 38.0 Å². The summed E-state index contributed by atoms with van der Waals surface area (Å²) in [6, 6.07) is 12.4. The molecule has 2 aromatic carbocycles. The molecule has 2 aromatic heterocycles. The monoisotopic (exact) mass is 480 g/mol. The molecule has 1 saturated carbocycles. The zero-order valence-electron chi connectivity index (χ0n) is 18.8. The van der Waals surface area contributed by atoms with Crippen molar-refractivity contribution in [3.63, 3.8) is 0 Å². The van der Waals surface area contributed by atoms with Gasteiger partial charge in [0.2, 0.25) is 6.86 Å². The van der Waals surface area contributed by atoms with Crippen LogP contribution in [-0.4, -0.2) is 40.8 Å². The van der Waals surface area contributed by atoms with Gasteiger partial charge in [0.05, 0.1) is 23.2 Å². The van der Waals surface area contributed by atoms with Crippen LogP contribution in [-0.2, 0) is 9.84 Å². The fraction of sp³-hybridized carbons (Fsp3) is 0.320. The fourth-order valence-corrected chi connectivity index (χ4v) is 5.51. The molecule has 4 aromatic rings. The topological polar surface area (TPSA) is 87.0 Å². The fourth-order valence-electron chi connectivity index (χ4n) is 4.62. The third-order valence-electron chi connectivity index (χ3n) is 6.49. The molecule has 34 heavy (non-hydrogen) atoms. The van der Waals surface area contributed by atoms with E-state index in [0.29, 0.717) is 17.4 Å². The van der Waals surface area contributed by atoms with Crippen molar-refractivity contribution in [2.45, 2.75) is 43.5 Å². The second-order valence-electron chi connectivity index (χ2n) is 8.41. The molecule has 0 spiro atoms. The van der Waals surface area contributed by atoms with Crippen LogP contribution in [0.3, 0.4) is 0 Å². The highest BCUT2D eigenvalue weighted by molar-refractivity contribution is 7.91. The lowest BCUT2D eigenvalue weighted by molar-refractivity contribution is 0.192. The van der Waals surface area contributed by atoms with Crippen LogP contribution in [0.5, 0.6) is 5.75 Å². The number of ether oxygens (including phenoxy) is 1. The molecular weight excluding hydrogens is 455 g/mol. The van der Waals surface area contributed by atoms with Crippen molar-refractivity contribution in [3.05, 3.63) is 55.0 Å². The number of rotatable bonds is 7. The number of alkyl halides is 1. The minimum absolute atomic E-state index is 0.0244. The first-order valence-corrected chi connectivity index (χ1v) is 13.0. The Bertz CT molecular complexity index is 1430. The van der Waals surface area contributed by atoms with Crippen molar-refractivity contribution >= 4 is 21.0 Å². The maximum atomic E-state index is 13.1. The highest BCUT2D eigenvalue weighted by atomic mass is 32.2. The molecule has 0 bridgehead atoms. The molecule has 0 N–H and O–H groups in total. The summed E-state index contributed by atoms with van der Waals surface area (Å²) in [4.78, 5) is 4.90. The number of halogens is 1. The molecule has 7 nitrogen and oxygen atoms in total. The predicted molar refractivity (Wildman–Crippen MR) is 128 cm³/mol. The Labute approximate surface area is 197 Å². The molecule has 176 valence electrons. The summed E-state index contributed by atoms with van der Waals surface area (Å²) >= 11 is 0. The largest absolute Gasteiger partial charge is 0.462 e. The predicted octanol–water partition coefficient (Wildman–Crippen LogP) is 5.37. The summed E-state index contributed by atoms with van der Waals surface area (Å²) in [5.74, 6) is 0.392. The van der Waals surface area contributed by atoms with Gasteiger partial charge in [0.15, 0.2) is 15.5 Å². The summed E-state index contributed by atoms with van der Waals surface area (Å²) in [6.45, 7) is 0.638.